The molecular weight excluding hydrogens is 366 g/mol. The Kier molecular flexibility index (Phi) is 6.60. The molecule has 0 aliphatic rings. The third kappa shape index (κ3) is 4.61. The van der Waals surface area contributed by atoms with Crippen LogP contribution in [0.3, 0.4) is 0 Å². The number of nitrogens with zero attached hydrogens (tertiary/aromatic N) is 2. The van der Waals surface area contributed by atoms with E-state index in [0.717, 1.165) is 5.56 Å². The number of carbonyl (C=O) groups excluding carboxylic acids is 1. The van der Waals surface area contributed by atoms with Crippen LogP contribution in [0.4, 0.5) is 5.13 Å². The van der Waals surface area contributed by atoms with E-state index >= 15 is 0 Å². The van der Waals surface area contributed by atoms with Crippen LogP contribution >= 0.6 is 22.9 Å². The molecule has 0 radical (unpaired) electrons. The smallest absolute Gasteiger partial charge is 0.350 e. The summed E-state index contributed by atoms with van der Waals surface area (Å²) in [4.78, 5) is 16.2. The summed E-state index contributed by atoms with van der Waals surface area (Å²) in [7, 11) is 2.87. The fourth-order valence-corrected chi connectivity index (χ4v) is 3.10. The standard InChI is InChI=1S/C16H18ClN3O4S/c1-5-24-13-11(17)6-10(7-12(13)22-3)8-18-20-16-19-9(2)14(25-16)15(21)23-4/h6-8H,5H2,1-4H3,(H,19,20)/b18-8-. The maximum absolute atomic E-state index is 11.6. The molecule has 7 nitrogen and oxygen atoms in total. The second kappa shape index (κ2) is 8.68. The Morgan fingerprint density at radius 2 is 2.20 bits per heavy atom. The van der Waals surface area contributed by atoms with Gasteiger partial charge in [-0.2, -0.15) is 5.10 Å². The predicted octanol–water partition coefficient (Wildman–Crippen LogP) is 3.74. The molecule has 1 heterocycles. The fraction of sp³-hybridized carbons (Fsp3) is 0.312. The third-order valence-corrected chi connectivity index (χ3v) is 4.40. The Bertz CT molecular complexity index is 792. The highest BCUT2D eigenvalue weighted by Gasteiger charge is 2.15. The van der Waals surface area contributed by atoms with Crippen molar-refractivity contribution >= 4 is 40.3 Å². The van der Waals surface area contributed by atoms with Crippen molar-refractivity contribution in [2.45, 2.75) is 13.8 Å². The second-order valence-electron chi connectivity index (χ2n) is 4.76. The van der Waals surface area contributed by atoms with E-state index in [9.17, 15) is 4.79 Å². The van der Waals surface area contributed by atoms with E-state index in [-0.39, 0.29) is 0 Å². The van der Waals surface area contributed by atoms with Gasteiger partial charge < -0.3 is 14.2 Å². The van der Waals surface area contributed by atoms with Crippen LogP contribution in [-0.4, -0.2) is 38.0 Å². The molecule has 0 saturated carbocycles. The zero-order valence-corrected chi connectivity index (χ0v) is 15.8. The van der Waals surface area contributed by atoms with Crippen LogP contribution in [0.25, 0.3) is 0 Å². The maximum atomic E-state index is 11.6. The number of hydrogen-bond acceptors (Lipinski definition) is 8. The molecule has 0 unspecified atom stereocenters. The molecule has 0 spiro atoms. The van der Waals surface area contributed by atoms with Gasteiger partial charge in [0, 0.05) is 0 Å². The molecule has 134 valence electrons. The highest BCUT2D eigenvalue weighted by Crippen LogP contribution is 2.36. The summed E-state index contributed by atoms with van der Waals surface area (Å²) in [6, 6.07) is 3.47. The summed E-state index contributed by atoms with van der Waals surface area (Å²) < 4.78 is 15.5. The van der Waals surface area contributed by atoms with Crippen LogP contribution < -0.4 is 14.9 Å². The Morgan fingerprint density at radius 1 is 1.44 bits per heavy atom. The Labute approximate surface area is 154 Å². The Balaban J connectivity index is 2.15. The lowest BCUT2D eigenvalue weighted by atomic mass is 10.2. The van der Waals surface area contributed by atoms with Crippen LogP contribution in [0.2, 0.25) is 5.02 Å². The summed E-state index contributed by atoms with van der Waals surface area (Å²) >= 11 is 7.38. The van der Waals surface area contributed by atoms with Crippen LogP contribution in [0.15, 0.2) is 17.2 Å². The highest BCUT2D eigenvalue weighted by molar-refractivity contribution is 7.17. The van der Waals surface area contributed by atoms with Crippen LogP contribution in [0.5, 0.6) is 11.5 Å². The summed E-state index contributed by atoms with van der Waals surface area (Å²) in [5.41, 5.74) is 4.09. The van der Waals surface area contributed by atoms with E-state index in [4.69, 9.17) is 25.8 Å². The minimum absolute atomic E-state index is 0.421. The maximum Gasteiger partial charge on any atom is 0.350 e. The lowest BCUT2D eigenvalue weighted by Crippen LogP contribution is -1.99. The first-order valence-corrected chi connectivity index (χ1v) is 8.54. The molecule has 0 aliphatic carbocycles. The molecule has 0 saturated heterocycles. The molecule has 1 aromatic carbocycles. The number of thiazole rings is 1. The van der Waals surface area contributed by atoms with Gasteiger partial charge in [-0.05, 0) is 31.5 Å². The summed E-state index contributed by atoms with van der Waals surface area (Å²) in [6.07, 6.45) is 1.57. The van der Waals surface area contributed by atoms with Crippen molar-refractivity contribution in [3.63, 3.8) is 0 Å². The number of carbonyl (C=O) groups is 1. The van der Waals surface area contributed by atoms with Crippen molar-refractivity contribution in [1.29, 1.82) is 0 Å². The average Bonchev–Trinajstić information content (AvgIpc) is 2.97. The molecule has 0 aliphatic heterocycles. The number of benzene rings is 1. The van der Waals surface area contributed by atoms with Gasteiger partial charge in [0.2, 0.25) is 5.13 Å². The average molecular weight is 384 g/mol. The van der Waals surface area contributed by atoms with Crippen molar-refractivity contribution < 1.29 is 19.0 Å². The van der Waals surface area contributed by atoms with Gasteiger partial charge in [-0.1, -0.05) is 22.9 Å². The molecule has 0 fully saturated rings. The molecule has 1 N–H and O–H groups in total. The van der Waals surface area contributed by atoms with Gasteiger partial charge in [0.1, 0.15) is 4.88 Å². The summed E-state index contributed by atoms with van der Waals surface area (Å²) in [5.74, 6) is 0.596. The van der Waals surface area contributed by atoms with E-state index in [0.29, 0.717) is 38.8 Å². The first kappa shape index (κ1) is 19.0. The minimum atomic E-state index is -0.421. The van der Waals surface area contributed by atoms with E-state index in [1.165, 1.54) is 18.4 Å². The van der Waals surface area contributed by atoms with Gasteiger partial charge in [-0.3, -0.25) is 5.43 Å². The number of hydrogen-bond donors (Lipinski definition) is 1. The molecule has 1 aromatic heterocycles. The van der Waals surface area contributed by atoms with E-state index in [1.807, 2.05) is 6.92 Å². The largest absolute Gasteiger partial charge is 0.493 e. The van der Waals surface area contributed by atoms with Crippen LogP contribution in [-0.2, 0) is 4.74 Å². The highest BCUT2D eigenvalue weighted by atomic mass is 35.5. The van der Waals surface area contributed by atoms with Crippen molar-refractivity contribution in [1.82, 2.24) is 4.98 Å². The number of esters is 1. The van der Waals surface area contributed by atoms with E-state index in [2.05, 4.69) is 15.5 Å². The molecular formula is C16H18ClN3O4S. The predicted molar refractivity (Wildman–Crippen MR) is 98.6 cm³/mol. The van der Waals surface area contributed by atoms with Gasteiger partial charge in [0.15, 0.2) is 11.5 Å². The zero-order valence-electron chi connectivity index (χ0n) is 14.3. The number of rotatable bonds is 7. The molecule has 2 rings (SSSR count). The second-order valence-corrected chi connectivity index (χ2v) is 6.17. The molecule has 2 aromatic rings. The van der Waals surface area contributed by atoms with Gasteiger partial charge >= 0.3 is 5.97 Å². The van der Waals surface area contributed by atoms with E-state index in [1.54, 1.807) is 32.4 Å². The van der Waals surface area contributed by atoms with Gasteiger partial charge in [-0.15, -0.1) is 0 Å². The molecule has 25 heavy (non-hydrogen) atoms. The fourth-order valence-electron chi connectivity index (χ4n) is 1.99. The topological polar surface area (TPSA) is 82.0 Å². The number of anilines is 1. The molecule has 0 bridgehead atoms. The lowest BCUT2D eigenvalue weighted by molar-refractivity contribution is 0.0605. The number of ether oxygens (including phenoxy) is 3. The number of aromatic nitrogens is 1. The van der Waals surface area contributed by atoms with Gasteiger partial charge in [-0.25, -0.2) is 9.78 Å². The minimum Gasteiger partial charge on any atom is -0.493 e. The monoisotopic (exact) mass is 383 g/mol. The zero-order chi connectivity index (χ0) is 18.4. The van der Waals surface area contributed by atoms with Crippen LogP contribution in [0, 0.1) is 6.92 Å². The lowest BCUT2D eigenvalue weighted by Gasteiger charge is -2.11. The van der Waals surface area contributed by atoms with Crippen LogP contribution in [0.1, 0.15) is 27.9 Å². The number of hydrazone groups is 1. The summed E-state index contributed by atoms with van der Waals surface area (Å²) in [5, 5.41) is 5.03. The number of nitrogens with one attached hydrogen (secondary N) is 1. The number of methoxy groups -OCH3 is 2. The van der Waals surface area contributed by atoms with Gasteiger partial charge in [0.25, 0.3) is 0 Å². The van der Waals surface area contributed by atoms with Gasteiger partial charge in [0.05, 0.1) is 37.8 Å². The third-order valence-electron chi connectivity index (χ3n) is 3.08. The molecule has 0 atom stereocenters. The summed E-state index contributed by atoms with van der Waals surface area (Å²) in [6.45, 7) is 4.08. The Hall–Kier alpha value is -2.32. The number of aryl methyl sites for hydroxylation is 1. The first-order chi connectivity index (χ1) is 12.0. The quantitative estimate of drug-likeness (QED) is 0.445. The molecule has 9 heteroatoms. The van der Waals surface area contributed by atoms with Crippen molar-refractivity contribution in [3.8, 4) is 11.5 Å². The van der Waals surface area contributed by atoms with Crippen molar-refractivity contribution in [3.05, 3.63) is 33.3 Å². The normalized spacial score (nSPS) is 10.8. The van der Waals surface area contributed by atoms with E-state index < -0.39 is 5.97 Å². The number of halogens is 1. The SMILES string of the molecule is CCOc1c(Cl)cc(/C=N\Nc2nc(C)c(C(=O)OC)s2)cc1OC. The van der Waals surface area contributed by atoms with Crippen molar-refractivity contribution in [2.75, 3.05) is 26.3 Å². The first-order valence-electron chi connectivity index (χ1n) is 7.35. The molecule has 0 amide bonds. The van der Waals surface area contributed by atoms with Crippen molar-refractivity contribution in [2.24, 2.45) is 5.10 Å². The Morgan fingerprint density at radius 3 is 2.84 bits per heavy atom.